The Labute approximate surface area is 131 Å². The van der Waals surface area contributed by atoms with Crippen molar-refractivity contribution in [1.82, 2.24) is 9.80 Å². The minimum atomic E-state index is -0.0224. The molecule has 1 saturated heterocycles. The van der Waals surface area contributed by atoms with Gasteiger partial charge in [0.25, 0.3) is 5.91 Å². The average Bonchev–Trinajstić information content (AvgIpc) is 2.54. The first-order valence-corrected chi connectivity index (χ1v) is 7.85. The third-order valence-corrected chi connectivity index (χ3v) is 3.89. The first-order valence-electron chi connectivity index (χ1n) is 7.85. The van der Waals surface area contributed by atoms with Crippen molar-refractivity contribution in [2.45, 2.75) is 26.7 Å². The molecule has 0 radical (unpaired) electrons. The number of ether oxygens (including phenoxy) is 1. The van der Waals surface area contributed by atoms with E-state index in [-0.39, 0.29) is 18.4 Å². The number of rotatable bonds is 5. The van der Waals surface area contributed by atoms with Gasteiger partial charge in [-0.3, -0.25) is 9.59 Å². The number of benzene rings is 1. The Morgan fingerprint density at radius 3 is 2.23 bits per heavy atom. The van der Waals surface area contributed by atoms with E-state index in [1.54, 1.807) is 4.90 Å². The number of aryl methyl sites for hydroxylation is 1. The maximum absolute atomic E-state index is 12.2. The van der Waals surface area contributed by atoms with E-state index < -0.39 is 0 Å². The summed E-state index contributed by atoms with van der Waals surface area (Å²) in [5.41, 5.74) is 1.02. The second kappa shape index (κ2) is 7.82. The van der Waals surface area contributed by atoms with Crippen LogP contribution in [-0.4, -0.2) is 54.4 Å². The molecule has 1 heterocycles. The summed E-state index contributed by atoms with van der Waals surface area (Å²) in [7, 11) is 0. The summed E-state index contributed by atoms with van der Waals surface area (Å²) in [5, 5.41) is 0. The molecule has 2 rings (SSSR count). The van der Waals surface area contributed by atoms with Gasteiger partial charge in [0.1, 0.15) is 5.75 Å². The second-order valence-corrected chi connectivity index (χ2v) is 5.57. The normalized spacial score (nSPS) is 14.8. The van der Waals surface area contributed by atoms with Crippen molar-refractivity contribution in [3.05, 3.63) is 29.8 Å². The number of hydrogen-bond donors (Lipinski definition) is 0. The van der Waals surface area contributed by atoms with Crippen LogP contribution < -0.4 is 4.74 Å². The molecule has 0 saturated carbocycles. The lowest BCUT2D eigenvalue weighted by Crippen LogP contribution is -2.51. The molecule has 5 nitrogen and oxygen atoms in total. The molecule has 5 heteroatoms. The fourth-order valence-electron chi connectivity index (χ4n) is 2.53. The summed E-state index contributed by atoms with van der Waals surface area (Å²) in [5.74, 6) is 0.907. The van der Waals surface area contributed by atoms with E-state index in [4.69, 9.17) is 4.74 Å². The summed E-state index contributed by atoms with van der Waals surface area (Å²) in [6.07, 6.45) is 1.45. The van der Waals surface area contributed by atoms with Crippen LogP contribution in [0.1, 0.15) is 25.3 Å². The van der Waals surface area contributed by atoms with E-state index in [1.807, 2.05) is 43.0 Å². The highest BCUT2D eigenvalue weighted by Crippen LogP contribution is 2.16. The lowest BCUT2D eigenvalue weighted by molar-refractivity contribution is -0.140. The van der Waals surface area contributed by atoms with Crippen LogP contribution in [0.25, 0.3) is 0 Å². The van der Waals surface area contributed by atoms with Crippen LogP contribution in [0.3, 0.4) is 0 Å². The van der Waals surface area contributed by atoms with Crippen LogP contribution in [-0.2, 0) is 9.59 Å². The topological polar surface area (TPSA) is 49.9 Å². The van der Waals surface area contributed by atoms with Gasteiger partial charge in [0.2, 0.25) is 5.91 Å². The van der Waals surface area contributed by atoms with Crippen LogP contribution in [0.4, 0.5) is 0 Å². The Morgan fingerprint density at radius 2 is 1.64 bits per heavy atom. The van der Waals surface area contributed by atoms with Crippen molar-refractivity contribution in [2.75, 3.05) is 32.8 Å². The Balaban J connectivity index is 1.78. The Bertz CT molecular complexity index is 522. The molecule has 1 fully saturated rings. The number of carbonyl (C=O) groups excluding carboxylic acids is 2. The van der Waals surface area contributed by atoms with Gasteiger partial charge in [-0.1, -0.05) is 25.1 Å². The van der Waals surface area contributed by atoms with Crippen molar-refractivity contribution >= 4 is 11.8 Å². The first-order chi connectivity index (χ1) is 10.6. The third kappa shape index (κ3) is 4.23. The van der Waals surface area contributed by atoms with Gasteiger partial charge in [-0.15, -0.1) is 0 Å². The Hall–Kier alpha value is -2.04. The van der Waals surface area contributed by atoms with Gasteiger partial charge in [0.15, 0.2) is 6.61 Å². The molecule has 0 aromatic heterocycles. The van der Waals surface area contributed by atoms with Gasteiger partial charge >= 0.3 is 0 Å². The summed E-state index contributed by atoms with van der Waals surface area (Å²) in [6.45, 7) is 6.42. The standard InChI is InChI=1S/C17H24N2O3/c1-3-6-16(20)18-9-11-19(12-10-18)17(21)13-22-15-8-5-4-7-14(15)2/h4-5,7-8H,3,6,9-13H2,1-2H3. The highest BCUT2D eigenvalue weighted by atomic mass is 16.5. The molecule has 1 aromatic rings. The molecule has 1 aromatic carbocycles. The number of hydrogen-bond acceptors (Lipinski definition) is 3. The first kappa shape index (κ1) is 16.3. The zero-order chi connectivity index (χ0) is 15.9. The summed E-state index contributed by atoms with van der Waals surface area (Å²) >= 11 is 0. The molecule has 0 unspecified atom stereocenters. The van der Waals surface area contributed by atoms with Crippen LogP contribution in [0.2, 0.25) is 0 Å². The molecule has 0 aliphatic carbocycles. The van der Waals surface area contributed by atoms with Crippen molar-refractivity contribution in [3.8, 4) is 5.75 Å². The van der Waals surface area contributed by atoms with Gasteiger partial charge in [-0.25, -0.2) is 0 Å². The molecule has 0 bridgehead atoms. The number of nitrogens with zero attached hydrogens (tertiary/aromatic N) is 2. The molecule has 120 valence electrons. The molecule has 1 aliphatic rings. The van der Waals surface area contributed by atoms with Gasteiger partial charge in [-0.2, -0.15) is 0 Å². The van der Waals surface area contributed by atoms with Crippen LogP contribution in [0, 0.1) is 6.92 Å². The van der Waals surface area contributed by atoms with E-state index in [9.17, 15) is 9.59 Å². The van der Waals surface area contributed by atoms with E-state index in [0.29, 0.717) is 32.6 Å². The highest BCUT2D eigenvalue weighted by Gasteiger charge is 2.23. The zero-order valence-electron chi connectivity index (χ0n) is 13.4. The monoisotopic (exact) mass is 304 g/mol. The van der Waals surface area contributed by atoms with Crippen molar-refractivity contribution in [2.24, 2.45) is 0 Å². The summed E-state index contributed by atoms with van der Waals surface area (Å²) < 4.78 is 5.59. The van der Waals surface area contributed by atoms with E-state index in [0.717, 1.165) is 17.7 Å². The fourth-order valence-corrected chi connectivity index (χ4v) is 2.53. The molecule has 0 atom stereocenters. The zero-order valence-corrected chi connectivity index (χ0v) is 13.4. The molecule has 0 N–H and O–H groups in total. The Kier molecular flexibility index (Phi) is 5.81. The van der Waals surface area contributed by atoms with Crippen molar-refractivity contribution in [1.29, 1.82) is 0 Å². The number of piperazine rings is 1. The molecule has 0 spiro atoms. The van der Waals surface area contributed by atoms with E-state index in [1.165, 1.54) is 0 Å². The molecule has 22 heavy (non-hydrogen) atoms. The lowest BCUT2D eigenvalue weighted by atomic mass is 10.2. The van der Waals surface area contributed by atoms with Gasteiger partial charge < -0.3 is 14.5 Å². The van der Waals surface area contributed by atoms with Crippen LogP contribution in [0.15, 0.2) is 24.3 Å². The van der Waals surface area contributed by atoms with Gasteiger partial charge in [0, 0.05) is 32.6 Å². The van der Waals surface area contributed by atoms with Gasteiger partial charge in [-0.05, 0) is 25.0 Å². The number of amides is 2. The fraction of sp³-hybridized carbons (Fsp3) is 0.529. The van der Waals surface area contributed by atoms with E-state index >= 15 is 0 Å². The predicted molar refractivity (Wildman–Crippen MR) is 84.7 cm³/mol. The van der Waals surface area contributed by atoms with Crippen LogP contribution in [0.5, 0.6) is 5.75 Å². The minimum absolute atomic E-state index is 0.0224. The predicted octanol–water partition coefficient (Wildman–Crippen LogP) is 1.84. The molecule has 2 amide bonds. The third-order valence-electron chi connectivity index (χ3n) is 3.89. The SMILES string of the molecule is CCCC(=O)N1CCN(C(=O)COc2ccccc2C)CC1. The summed E-state index contributed by atoms with van der Waals surface area (Å²) in [4.78, 5) is 27.6. The quantitative estimate of drug-likeness (QED) is 0.834. The average molecular weight is 304 g/mol. The molecular formula is C17H24N2O3. The van der Waals surface area contributed by atoms with E-state index in [2.05, 4.69) is 0 Å². The minimum Gasteiger partial charge on any atom is -0.484 e. The maximum atomic E-state index is 12.2. The Morgan fingerprint density at radius 1 is 1.05 bits per heavy atom. The smallest absolute Gasteiger partial charge is 0.260 e. The summed E-state index contributed by atoms with van der Waals surface area (Å²) in [6, 6.07) is 7.66. The molecule has 1 aliphatic heterocycles. The highest BCUT2D eigenvalue weighted by molar-refractivity contribution is 5.79. The largest absolute Gasteiger partial charge is 0.484 e. The maximum Gasteiger partial charge on any atom is 0.260 e. The van der Waals surface area contributed by atoms with Crippen molar-refractivity contribution < 1.29 is 14.3 Å². The van der Waals surface area contributed by atoms with Crippen molar-refractivity contribution in [3.63, 3.8) is 0 Å². The molecular weight excluding hydrogens is 280 g/mol. The van der Waals surface area contributed by atoms with Gasteiger partial charge in [0.05, 0.1) is 0 Å². The second-order valence-electron chi connectivity index (χ2n) is 5.57. The lowest BCUT2D eigenvalue weighted by Gasteiger charge is -2.34. The van der Waals surface area contributed by atoms with Crippen LogP contribution >= 0.6 is 0 Å². The number of carbonyl (C=O) groups is 2. The number of para-hydroxylation sites is 1.